The van der Waals surface area contributed by atoms with Crippen molar-refractivity contribution in [1.29, 1.82) is 0 Å². The van der Waals surface area contributed by atoms with E-state index < -0.39 is 0 Å². The smallest absolute Gasteiger partial charge is 0.180 e. The van der Waals surface area contributed by atoms with Gasteiger partial charge in [-0.1, -0.05) is 18.5 Å². The van der Waals surface area contributed by atoms with Crippen LogP contribution in [-0.4, -0.2) is 18.4 Å². The number of ketones is 1. The summed E-state index contributed by atoms with van der Waals surface area (Å²) in [6.07, 6.45) is 1.80. The highest BCUT2D eigenvalue weighted by Gasteiger charge is 2.26. The van der Waals surface area contributed by atoms with Crippen molar-refractivity contribution in [3.63, 3.8) is 0 Å². The predicted molar refractivity (Wildman–Crippen MR) is 61.6 cm³/mol. The lowest BCUT2D eigenvalue weighted by Gasteiger charge is -2.23. The molecule has 0 fully saturated rings. The molecule has 1 aromatic rings. The number of hydrogen-bond acceptors (Lipinski definition) is 2. The highest BCUT2D eigenvalue weighted by atomic mass is 35.5. The maximum Gasteiger partial charge on any atom is 0.180 e. The molecular weight excluding hydrogens is 210 g/mol. The van der Waals surface area contributed by atoms with Gasteiger partial charge in [-0.15, -0.1) is 0 Å². The van der Waals surface area contributed by atoms with Crippen molar-refractivity contribution in [2.75, 3.05) is 6.54 Å². The SMILES string of the molecule is CCNC1CCc2cc(Cl)ccc2C1=O. The molecule has 0 saturated carbocycles. The molecular formula is C12H14ClNO. The van der Waals surface area contributed by atoms with Crippen LogP contribution in [0.5, 0.6) is 0 Å². The summed E-state index contributed by atoms with van der Waals surface area (Å²) in [6, 6.07) is 5.51. The topological polar surface area (TPSA) is 29.1 Å². The van der Waals surface area contributed by atoms with Gasteiger partial charge in [0.2, 0.25) is 0 Å². The molecule has 0 aliphatic heterocycles. The second-order valence-corrected chi connectivity index (χ2v) is 4.25. The number of nitrogens with one attached hydrogen (secondary N) is 1. The van der Waals surface area contributed by atoms with Crippen LogP contribution in [0, 0.1) is 0 Å². The first-order valence-electron chi connectivity index (χ1n) is 5.28. The molecule has 1 N–H and O–H groups in total. The van der Waals surface area contributed by atoms with Crippen LogP contribution in [0.1, 0.15) is 29.3 Å². The van der Waals surface area contributed by atoms with Gasteiger partial charge in [-0.2, -0.15) is 0 Å². The van der Waals surface area contributed by atoms with Crippen molar-refractivity contribution >= 4 is 17.4 Å². The molecule has 1 atom stereocenters. The number of carbonyl (C=O) groups excluding carboxylic acids is 1. The van der Waals surface area contributed by atoms with Gasteiger partial charge >= 0.3 is 0 Å². The maximum atomic E-state index is 12.0. The van der Waals surface area contributed by atoms with Gasteiger partial charge in [0.25, 0.3) is 0 Å². The molecule has 1 aromatic carbocycles. The Morgan fingerprint density at radius 3 is 3.07 bits per heavy atom. The van der Waals surface area contributed by atoms with E-state index in [9.17, 15) is 4.79 Å². The summed E-state index contributed by atoms with van der Waals surface area (Å²) in [7, 11) is 0. The van der Waals surface area contributed by atoms with Gasteiger partial charge in [0.05, 0.1) is 6.04 Å². The molecule has 0 amide bonds. The van der Waals surface area contributed by atoms with Crippen LogP contribution in [0.4, 0.5) is 0 Å². The summed E-state index contributed by atoms with van der Waals surface area (Å²) >= 11 is 5.89. The zero-order valence-electron chi connectivity index (χ0n) is 8.72. The fourth-order valence-corrected chi connectivity index (χ4v) is 2.26. The Balaban J connectivity index is 2.30. The zero-order valence-corrected chi connectivity index (χ0v) is 9.47. The lowest BCUT2D eigenvalue weighted by molar-refractivity contribution is 0.0929. The van der Waals surface area contributed by atoms with Crippen LogP contribution >= 0.6 is 11.6 Å². The zero-order chi connectivity index (χ0) is 10.8. The summed E-state index contributed by atoms with van der Waals surface area (Å²) in [6.45, 7) is 2.85. The summed E-state index contributed by atoms with van der Waals surface area (Å²) in [5.41, 5.74) is 1.92. The Morgan fingerprint density at radius 1 is 1.53 bits per heavy atom. The number of likely N-dealkylation sites (N-methyl/N-ethyl adjacent to an activating group) is 1. The van der Waals surface area contributed by atoms with Crippen LogP contribution in [-0.2, 0) is 6.42 Å². The van der Waals surface area contributed by atoms with Gasteiger partial charge in [0.15, 0.2) is 5.78 Å². The number of hydrogen-bond donors (Lipinski definition) is 1. The van der Waals surface area contributed by atoms with Crippen molar-refractivity contribution in [3.05, 3.63) is 34.3 Å². The summed E-state index contributed by atoms with van der Waals surface area (Å²) < 4.78 is 0. The number of halogens is 1. The lowest BCUT2D eigenvalue weighted by Crippen LogP contribution is -2.40. The molecule has 1 aliphatic rings. The molecule has 1 unspecified atom stereocenters. The summed E-state index contributed by atoms with van der Waals surface area (Å²) in [5.74, 6) is 0.203. The predicted octanol–water partition coefficient (Wildman–Crippen LogP) is 2.45. The van der Waals surface area contributed by atoms with Crippen molar-refractivity contribution in [3.8, 4) is 0 Å². The largest absolute Gasteiger partial charge is 0.307 e. The van der Waals surface area contributed by atoms with Crippen molar-refractivity contribution in [1.82, 2.24) is 5.32 Å². The van der Waals surface area contributed by atoms with Crippen LogP contribution in [0.15, 0.2) is 18.2 Å². The molecule has 0 saturated heterocycles. The van der Waals surface area contributed by atoms with E-state index in [4.69, 9.17) is 11.6 Å². The minimum absolute atomic E-state index is 0.0105. The molecule has 2 nitrogen and oxygen atoms in total. The first-order valence-corrected chi connectivity index (χ1v) is 5.66. The number of benzene rings is 1. The lowest BCUT2D eigenvalue weighted by atomic mass is 9.87. The van der Waals surface area contributed by atoms with E-state index in [2.05, 4.69) is 5.32 Å². The normalized spacial score (nSPS) is 20.1. The number of carbonyl (C=O) groups is 1. The van der Waals surface area contributed by atoms with Crippen molar-refractivity contribution in [2.24, 2.45) is 0 Å². The number of aryl methyl sites for hydroxylation is 1. The quantitative estimate of drug-likeness (QED) is 0.835. The highest BCUT2D eigenvalue weighted by molar-refractivity contribution is 6.30. The molecule has 0 spiro atoms. The fourth-order valence-electron chi connectivity index (χ4n) is 2.07. The molecule has 0 bridgehead atoms. The van der Waals surface area contributed by atoms with E-state index in [-0.39, 0.29) is 11.8 Å². The standard InChI is InChI=1S/C12H14ClNO/c1-2-14-11-6-3-8-7-9(13)4-5-10(8)12(11)15/h4-5,7,11,14H,2-3,6H2,1H3. The number of rotatable bonds is 2. The summed E-state index contributed by atoms with van der Waals surface area (Å²) in [5, 5.41) is 3.92. The third-order valence-corrected chi connectivity index (χ3v) is 3.04. The van der Waals surface area contributed by atoms with Crippen molar-refractivity contribution in [2.45, 2.75) is 25.8 Å². The average Bonchev–Trinajstić information content (AvgIpc) is 2.22. The van der Waals surface area contributed by atoms with Gasteiger partial charge in [0, 0.05) is 10.6 Å². The average molecular weight is 224 g/mol. The fraction of sp³-hybridized carbons (Fsp3) is 0.417. The van der Waals surface area contributed by atoms with Crippen LogP contribution in [0.3, 0.4) is 0 Å². The number of Topliss-reactive ketones (excluding diaryl/α,β-unsaturated/α-hetero) is 1. The van der Waals surface area contributed by atoms with Gasteiger partial charge in [-0.05, 0) is 43.1 Å². The van der Waals surface area contributed by atoms with E-state index in [0.717, 1.165) is 30.5 Å². The molecule has 2 rings (SSSR count). The Labute approximate surface area is 94.6 Å². The molecule has 15 heavy (non-hydrogen) atoms. The van der Waals surface area contributed by atoms with Crippen LogP contribution in [0.25, 0.3) is 0 Å². The number of fused-ring (bicyclic) bond motifs is 1. The highest BCUT2D eigenvalue weighted by Crippen LogP contribution is 2.24. The van der Waals surface area contributed by atoms with Crippen LogP contribution < -0.4 is 5.32 Å². The van der Waals surface area contributed by atoms with Gasteiger partial charge in [-0.3, -0.25) is 4.79 Å². The van der Waals surface area contributed by atoms with E-state index in [0.29, 0.717) is 5.02 Å². The molecule has 1 aliphatic carbocycles. The minimum atomic E-state index is -0.0105. The van der Waals surface area contributed by atoms with E-state index in [1.54, 1.807) is 6.07 Å². The molecule has 0 radical (unpaired) electrons. The van der Waals surface area contributed by atoms with E-state index >= 15 is 0 Å². The Kier molecular flexibility index (Phi) is 3.08. The molecule has 0 aromatic heterocycles. The Hall–Kier alpha value is -0.860. The van der Waals surface area contributed by atoms with Gasteiger partial charge in [-0.25, -0.2) is 0 Å². The minimum Gasteiger partial charge on any atom is -0.307 e. The van der Waals surface area contributed by atoms with E-state index in [1.165, 1.54) is 0 Å². The second kappa shape index (κ2) is 4.33. The molecule has 0 heterocycles. The molecule has 80 valence electrons. The third kappa shape index (κ3) is 2.06. The summed E-state index contributed by atoms with van der Waals surface area (Å²) in [4.78, 5) is 12.0. The second-order valence-electron chi connectivity index (χ2n) is 3.81. The molecule has 3 heteroatoms. The maximum absolute atomic E-state index is 12.0. The Morgan fingerprint density at radius 2 is 2.33 bits per heavy atom. The van der Waals surface area contributed by atoms with Crippen LogP contribution in [0.2, 0.25) is 5.02 Å². The third-order valence-electron chi connectivity index (χ3n) is 2.80. The first-order chi connectivity index (χ1) is 7.22. The van der Waals surface area contributed by atoms with E-state index in [1.807, 2.05) is 19.1 Å². The van der Waals surface area contributed by atoms with Gasteiger partial charge in [0.1, 0.15) is 0 Å². The van der Waals surface area contributed by atoms with Gasteiger partial charge < -0.3 is 5.32 Å². The Bertz CT molecular complexity index is 389. The first kappa shape index (κ1) is 10.7. The monoisotopic (exact) mass is 223 g/mol. The van der Waals surface area contributed by atoms with Crippen molar-refractivity contribution < 1.29 is 4.79 Å².